The minimum absolute atomic E-state index is 0.750. The molecule has 0 fully saturated rings. The lowest BCUT2D eigenvalue weighted by Gasteiger charge is -2.02. The molecule has 5 aromatic rings. The van der Waals surface area contributed by atoms with Crippen LogP contribution < -0.4 is 43.4 Å². The van der Waals surface area contributed by atoms with Crippen LogP contribution in [0.4, 0.5) is 0 Å². The van der Waals surface area contributed by atoms with Crippen molar-refractivity contribution in [2.75, 3.05) is 0 Å². The maximum absolute atomic E-state index is 12.7. The van der Waals surface area contributed by atoms with Gasteiger partial charge >= 0.3 is 0 Å². The first-order valence-corrected chi connectivity index (χ1v) is 8.27. The third-order valence-corrected chi connectivity index (χ3v) is 4.81. The van der Waals surface area contributed by atoms with Gasteiger partial charge in [0.2, 0.25) is 44.0 Å². The first kappa shape index (κ1) is 17.5. The van der Waals surface area contributed by atoms with Crippen molar-refractivity contribution in [1.82, 2.24) is 0 Å². The summed E-state index contributed by atoms with van der Waals surface area (Å²) in [6.07, 6.45) is 0. The zero-order chi connectivity index (χ0) is 21.5. The quantitative estimate of drug-likeness (QED) is 0.283. The van der Waals surface area contributed by atoms with Gasteiger partial charge in [0.1, 0.15) is 0 Å². The lowest BCUT2D eigenvalue weighted by Crippen LogP contribution is -2.27. The molecule has 0 saturated carbocycles. The van der Waals surface area contributed by atoms with Crippen molar-refractivity contribution < 1.29 is 8.83 Å². The fourth-order valence-electron chi connectivity index (χ4n) is 3.47. The minimum atomic E-state index is -1.19. The second-order valence-corrected chi connectivity index (χ2v) is 6.46. The standard InChI is InChI=1S/C20H4O10/c21-5-1-2-6(22)10-9(5)13(25)17-18(14(10)26)30-20-16(28)12-8(24)4-3-7(23)11(12)15(27)19(20)29-17/h1-4H. The van der Waals surface area contributed by atoms with Crippen molar-refractivity contribution in [3.8, 4) is 0 Å². The van der Waals surface area contributed by atoms with Crippen LogP contribution in [0.2, 0.25) is 0 Å². The maximum atomic E-state index is 12.7. The lowest BCUT2D eigenvalue weighted by atomic mass is 10.1. The molecule has 1 heterocycles. The zero-order valence-corrected chi connectivity index (χ0v) is 14.4. The molecule has 1 aromatic heterocycles. The number of hydrogen-bond donors (Lipinski definition) is 0. The summed E-state index contributed by atoms with van der Waals surface area (Å²) in [5, 5.41) is -3.00. The van der Waals surface area contributed by atoms with Gasteiger partial charge in [0.15, 0.2) is 21.7 Å². The Morgan fingerprint density at radius 3 is 0.767 bits per heavy atom. The van der Waals surface area contributed by atoms with E-state index in [-0.39, 0.29) is 0 Å². The van der Waals surface area contributed by atoms with Gasteiger partial charge in [0.25, 0.3) is 0 Å². The summed E-state index contributed by atoms with van der Waals surface area (Å²) >= 11 is 0. The molecular weight excluding hydrogens is 400 g/mol. The van der Waals surface area contributed by atoms with E-state index >= 15 is 0 Å². The van der Waals surface area contributed by atoms with Crippen molar-refractivity contribution in [3.05, 3.63) is 106 Å². The summed E-state index contributed by atoms with van der Waals surface area (Å²) in [4.78, 5) is 99.1. The van der Waals surface area contributed by atoms with Gasteiger partial charge < -0.3 is 8.83 Å². The summed E-state index contributed by atoms with van der Waals surface area (Å²) in [5.41, 5.74) is -12.0. The average Bonchev–Trinajstić information content (AvgIpc) is 2.72. The van der Waals surface area contributed by atoms with Crippen molar-refractivity contribution in [3.63, 3.8) is 0 Å². The van der Waals surface area contributed by atoms with Crippen molar-refractivity contribution in [1.29, 1.82) is 0 Å². The van der Waals surface area contributed by atoms with Gasteiger partial charge in [0.05, 0.1) is 21.5 Å². The minimum Gasteiger partial charge on any atom is -0.441 e. The fraction of sp³-hybridized carbons (Fsp3) is 0. The molecule has 0 aliphatic rings. The molecule has 5 rings (SSSR count). The highest BCUT2D eigenvalue weighted by Gasteiger charge is 2.24. The van der Waals surface area contributed by atoms with E-state index in [1.807, 2.05) is 0 Å². The smallest absolute Gasteiger partial charge is 0.237 e. The van der Waals surface area contributed by atoms with Gasteiger partial charge in [-0.2, -0.15) is 0 Å². The van der Waals surface area contributed by atoms with Crippen LogP contribution >= 0.6 is 0 Å². The van der Waals surface area contributed by atoms with Gasteiger partial charge in [-0.05, 0) is 24.3 Å². The molecule has 0 radical (unpaired) electrons. The second-order valence-electron chi connectivity index (χ2n) is 6.46. The van der Waals surface area contributed by atoms with Gasteiger partial charge in [0, 0.05) is 0 Å². The molecule has 30 heavy (non-hydrogen) atoms. The van der Waals surface area contributed by atoms with Crippen LogP contribution in [0.15, 0.2) is 71.5 Å². The van der Waals surface area contributed by atoms with Crippen LogP contribution in [-0.4, -0.2) is 0 Å². The molecule has 4 aromatic carbocycles. The number of benzene rings is 4. The van der Waals surface area contributed by atoms with Gasteiger partial charge in [-0.25, -0.2) is 0 Å². The Hall–Kier alpha value is -4.60. The summed E-state index contributed by atoms with van der Waals surface area (Å²) in [7, 11) is 0. The van der Waals surface area contributed by atoms with Crippen LogP contribution in [0.3, 0.4) is 0 Å². The van der Waals surface area contributed by atoms with Crippen LogP contribution in [0, 0.1) is 0 Å². The first-order chi connectivity index (χ1) is 14.2. The van der Waals surface area contributed by atoms with Gasteiger partial charge in [-0.15, -0.1) is 0 Å². The van der Waals surface area contributed by atoms with Crippen molar-refractivity contribution in [2.45, 2.75) is 0 Å². The maximum Gasteiger partial charge on any atom is 0.237 e. The van der Waals surface area contributed by atoms with E-state index in [0.29, 0.717) is 0 Å². The molecule has 0 unspecified atom stereocenters. The topological polar surface area (TPSA) is 163 Å². The molecule has 10 nitrogen and oxygen atoms in total. The fourth-order valence-corrected chi connectivity index (χ4v) is 3.47. The summed E-state index contributed by atoms with van der Waals surface area (Å²) in [5.74, 6) is 0. The van der Waals surface area contributed by atoms with Gasteiger partial charge in [-0.3, -0.25) is 38.4 Å². The van der Waals surface area contributed by atoms with Crippen LogP contribution in [-0.2, 0) is 0 Å². The monoisotopic (exact) mass is 404 g/mol. The Balaban J connectivity index is 2.23. The predicted molar refractivity (Wildman–Crippen MR) is 105 cm³/mol. The average molecular weight is 404 g/mol. The van der Waals surface area contributed by atoms with Crippen molar-refractivity contribution >= 4 is 43.9 Å². The Labute approximate surface area is 159 Å². The van der Waals surface area contributed by atoms with Crippen LogP contribution in [0.5, 0.6) is 0 Å². The van der Waals surface area contributed by atoms with Crippen molar-refractivity contribution in [2.24, 2.45) is 0 Å². The molecule has 0 aliphatic carbocycles. The zero-order valence-electron chi connectivity index (χ0n) is 14.4. The summed E-state index contributed by atoms with van der Waals surface area (Å²) in [6, 6.07) is 3.21. The number of hydrogen-bond acceptors (Lipinski definition) is 10. The molecule has 0 aliphatic heterocycles. The van der Waals surface area contributed by atoms with E-state index in [1.165, 1.54) is 0 Å². The molecule has 0 bridgehead atoms. The molecule has 10 heteroatoms. The highest BCUT2D eigenvalue weighted by molar-refractivity contribution is 5.97. The normalized spacial score (nSPS) is 11.7. The molecule has 144 valence electrons. The first-order valence-electron chi connectivity index (χ1n) is 8.27. The second kappa shape index (κ2) is 5.47. The van der Waals surface area contributed by atoms with E-state index in [4.69, 9.17) is 8.83 Å². The largest absolute Gasteiger partial charge is 0.441 e. The van der Waals surface area contributed by atoms with E-state index in [1.54, 1.807) is 0 Å². The Bertz CT molecular complexity index is 1760. The molecule has 0 atom stereocenters. The molecule has 0 spiro atoms. The van der Waals surface area contributed by atoms with Crippen LogP contribution in [0.25, 0.3) is 43.9 Å². The molecule has 0 N–H and O–H groups in total. The Morgan fingerprint density at radius 1 is 0.367 bits per heavy atom. The summed E-state index contributed by atoms with van der Waals surface area (Å²) < 4.78 is 10.3. The molecule has 0 amide bonds. The number of rotatable bonds is 0. The Morgan fingerprint density at radius 2 is 0.567 bits per heavy atom. The van der Waals surface area contributed by atoms with E-state index in [2.05, 4.69) is 0 Å². The molecular formula is C20H4O10. The molecule has 0 saturated heterocycles. The predicted octanol–water partition coefficient (Wildman–Crippen LogP) is -1.32. The third kappa shape index (κ3) is 1.96. The van der Waals surface area contributed by atoms with E-state index < -0.39 is 87.3 Å². The van der Waals surface area contributed by atoms with E-state index in [0.717, 1.165) is 24.3 Å². The van der Waals surface area contributed by atoms with Crippen LogP contribution in [0.1, 0.15) is 0 Å². The number of fused-ring (bicyclic) bond motifs is 4. The lowest BCUT2D eigenvalue weighted by molar-refractivity contribution is 0.575. The highest BCUT2D eigenvalue weighted by Crippen LogP contribution is 2.17. The summed E-state index contributed by atoms with van der Waals surface area (Å²) in [6.45, 7) is 0. The van der Waals surface area contributed by atoms with E-state index in [9.17, 15) is 38.4 Å². The Kier molecular flexibility index (Phi) is 3.19. The highest BCUT2D eigenvalue weighted by atomic mass is 16.4. The van der Waals surface area contributed by atoms with Gasteiger partial charge in [-0.1, -0.05) is 0 Å². The SMILES string of the molecule is O=c1ccc(=O)c2c(=O)c3oc4c(=O)c5c(=O)ccc(=O)c5c(=O)c4oc3c(=O)c12. The third-order valence-electron chi connectivity index (χ3n) is 4.81.